The van der Waals surface area contributed by atoms with Crippen molar-refractivity contribution in [3.05, 3.63) is 57.7 Å². The maximum absolute atomic E-state index is 8.50. The fourth-order valence-electron chi connectivity index (χ4n) is 1.22. The predicted molar refractivity (Wildman–Crippen MR) is 78.1 cm³/mol. The maximum atomic E-state index is 8.50. The second-order valence-electron chi connectivity index (χ2n) is 3.49. The predicted octanol–water partition coefficient (Wildman–Crippen LogP) is 3.31. The maximum Gasteiger partial charge on any atom is 0.0478 e. The van der Waals surface area contributed by atoms with Crippen molar-refractivity contribution in [3.8, 4) is 0 Å². The van der Waals surface area contributed by atoms with Crippen molar-refractivity contribution in [2.45, 2.75) is 13.0 Å². The number of hydrogen-bond donors (Lipinski definition) is 1. The number of aliphatic hydroxyl groups is 1. The number of ether oxygens (including phenoxy) is 1. The van der Waals surface area contributed by atoms with Gasteiger partial charge in [0.15, 0.2) is 0 Å². The van der Waals surface area contributed by atoms with Crippen molar-refractivity contribution >= 4 is 22.6 Å². The molecule has 2 nitrogen and oxygen atoms in total. The average Bonchev–Trinajstić information content (AvgIpc) is 2.99. The summed E-state index contributed by atoms with van der Waals surface area (Å²) >= 11 is 2.29. The Morgan fingerprint density at radius 2 is 1.83 bits per heavy atom. The summed E-state index contributed by atoms with van der Waals surface area (Å²) in [6.07, 6.45) is 0.720. The molecule has 0 aliphatic carbocycles. The molecule has 106 valence electrons. The molecule has 0 saturated heterocycles. The third-order valence-corrected chi connectivity index (χ3v) is 3.16. The van der Waals surface area contributed by atoms with Gasteiger partial charge in [-0.25, -0.2) is 12.1 Å². The van der Waals surface area contributed by atoms with E-state index in [1.807, 2.05) is 36.4 Å². The van der Waals surface area contributed by atoms with E-state index in [1.54, 1.807) is 0 Å². The van der Waals surface area contributed by atoms with Crippen molar-refractivity contribution in [1.82, 2.24) is 0 Å². The Morgan fingerprint density at radius 3 is 2.28 bits per heavy atom. The van der Waals surface area contributed by atoms with Crippen molar-refractivity contribution in [3.63, 3.8) is 0 Å². The smallest absolute Gasteiger partial charge is 0.0478 e. The Kier molecular flexibility index (Phi) is 11.8. The first-order chi connectivity index (χ1) is 8.34. The van der Waals surface area contributed by atoms with E-state index >= 15 is 0 Å². The molecule has 0 atom stereocenters. The Hall–Kier alpha value is -0.131. The number of aliphatic hydroxyl groups excluding tert-OH is 1. The Morgan fingerprint density at radius 1 is 1.22 bits per heavy atom. The molecule has 2 aromatic carbocycles. The molecule has 0 aliphatic rings. The first-order valence-electron chi connectivity index (χ1n) is 5.60. The fraction of sp³-hybridized carbons (Fsp3) is 0.286. The van der Waals surface area contributed by atoms with E-state index in [9.17, 15) is 0 Å². The van der Waals surface area contributed by atoms with Crippen LogP contribution in [0.4, 0.5) is 0 Å². The second-order valence-corrected chi connectivity index (χ2v) is 4.65. The van der Waals surface area contributed by atoms with Gasteiger partial charge in [-0.15, -0.1) is 9.13 Å². The molecule has 18 heavy (non-hydrogen) atoms. The van der Waals surface area contributed by atoms with E-state index in [4.69, 9.17) is 9.84 Å². The van der Waals surface area contributed by atoms with Crippen LogP contribution in [0.5, 0.6) is 0 Å². The summed E-state index contributed by atoms with van der Waals surface area (Å²) in [4.78, 5) is 0. The number of halogens is 1. The molecule has 0 unspecified atom stereocenters. The van der Waals surface area contributed by atoms with E-state index in [1.165, 1.54) is 9.13 Å². The van der Waals surface area contributed by atoms with Crippen LogP contribution in [0, 0.1) is 3.57 Å². The molecule has 0 bridgehead atoms. The molecule has 0 saturated carbocycles. The average molecular weight is 400 g/mol. The molecule has 2 rings (SSSR count). The summed E-state index contributed by atoms with van der Waals surface area (Å²) < 4.78 is 6.58. The molecule has 0 spiro atoms. The van der Waals surface area contributed by atoms with Gasteiger partial charge in [-0.05, 0) is 6.42 Å². The van der Waals surface area contributed by atoms with E-state index in [2.05, 4.69) is 34.7 Å². The van der Waals surface area contributed by atoms with E-state index < -0.39 is 0 Å². The molecule has 4 heteroatoms. The van der Waals surface area contributed by atoms with Gasteiger partial charge in [-0.2, -0.15) is 6.07 Å². The van der Waals surface area contributed by atoms with Gasteiger partial charge in [-0.1, -0.05) is 22.6 Å². The molecule has 0 fully saturated rings. The first kappa shape index (κ1) is 17.9. The quantitative estimate of drug-likeness (QED) is 0.361. The normalized spacial score (nSPS) is 9.22. The van der Waals surface area contributed by atoms with Crippen molar-refractivity contribution in [2.24, 2.45) is 0 Å². The Labute approximate surface area is 133 Å². The third kappa shape index (κ3) is 8.06. The van der Waals surface area contributed by atoms with Gasteiger partial charge in [0.25, 0.3) is 0 Å². The molecular formula is C14H17FeIO2-6. The van der Waals surface area contributed by atoms with Crippen LogP contribution in [-0.4, -0.2) is 18.3 Å². The summed E-state index contributed by atoms with van der Waals surface area (Å²) in [6, 6.07) is 16.1. The van der Waals surface area contributed by atoms with Crippen LogP contribution < -0.4 is 0 Å². The van der Waals surface area contributed by atoms with Crippen molar-refractivity contribution in [2.75, 3.05) is 13.2 Å². The summed E-state index contributed by atoms with van der Waals surface area (Å²) in [5.74, 6) is 0. The minimum Gasteiger partial charge on any atom is -0.748 e. The minimum absolute atomic E-state index is 0. The molecule has 0 radical (unpaired) electrons. The van der Waals surface area contributed by atoms with Gasteiger partial charge < -0.3 is 40.2 Å². The standard InChI is InChI=1S/C9H12IO2.C5H5.Fe/c10-9-4-1-3-8(9)7-12-6-2-5-11;1-2-4-5-3-1;/h1,3-4,11H,2,5-7H2;1-5H;/q-1;-5;. The third-order valence-electron chi connectivity index (χ3n) is 2.11. The van der Waals surface area contributed by atoms with Gasteiger partial charge in [0, 0.05) is 36.9 Å². The van der Waals surface area contributed by atoms with Crippen LogP contribution in [0.15, 0.2) is 48.5 Å². The minimum atomic E-state index is 0. The zero-order valence-electron chi connectivity index (χ0n) is 10.0. The first-order valence-corrected chi connectivity index (χ1v) is 6.68. The second kappa shape index (κ2) is 11.9. The molecule has 0 amide bonds. The fourth-order valence-corrected chi connectivity index (χ4v) is 1.77. The SMILES string of the molecule is OCCCOC[c-]1cccc1I.[Fe].[cH-]1[cH-][cH-][cH-][cH-]1. The Balaban J connectivity index is 0.000000405. The molecule has 0 aromatic heterocycles. The van der Waals surface area contributed by atoms with Crippen LogP contribution in [0.3, 0.4) is 0 Å². The molecule has 0 aliphatic heterocycles. The zero-order chi connectivity index (χ0) is 12.3. The van der Waals surface area contributed by atoms with E-state index in [0.717, 1.165) is 6.42 Å². The molecule has 2 aromatic rings. The van der Waals surface area contributed by atoms with Gasteiger partial charge in [0.2, 0.25) is 0 Å². The van der Waals surface area contributed by atoms with E-state index in [0.29, 0.717) is 13.2 Å². The summed E-state index contributed by atoms with van der Waals surface area (Å²) in [5, 5.41) is 8.50. The summed E-state index contributed by atoms with van der Waals surface area (Å²) in [6.45, 7) is 1.50. The molecular weight excluding hydrogens is 383 g/mol. The molecule has 1 N–H and O–H groups in total. The summed E-state index contributed by atoms with van der Waals surface area (Å²) in [7, 11) is 0. The van der Waals surface area contributed by atoms with Crippen LogP contribution in [0.1, 0.15) is 12.0 Å². The summed E-state index contributed by atoms with van der Waals surface area (Å²) in [5.41, 5.74) is 1.23. The van der Waals surface area contributed by atoms with Crippen LogP contribution in [-0.2, 0) is 28.4 Å². The number of hydrogen-bond acceptors (Lipinski definition) is 2. The zero-order valence-corrected chi connectivity index (χ0v) is 13.3. The van der Waals surface area contributed by atoms with Gasteiger partial charge in [0.1, 0.15) is 0 Å². The van der Waals surface area contributed by atoms with Crippen LogP contribution in [0.25, 0.3) is 0 Å². The largest absolute Gasteiger partial charge is 0.748 e. The van der Waals surface area contributed by atoms with Crippen LogP contribution >= 0.6 is 22.6 Å². The van der Waals surface area contributed by atoms with Crippen molar-refractivity contribution < 1.29 is 26.9 Å². The van der Waals surface area contributed by atoms with Crippen LogP contribution in [0.2, 0.25) is 0 Å². The van der Waals surface area contributed by atoms with Crippen molar-refractivity contribution in [1.29, 1.82) is 0 Å². The monoisotopic (exact) mass is 400 g/mol. The van der Waals surface area contributed by atoms with E-state index in [-0.39, 0.29) is 23.7 Å². The Bertz CT molecular complexity index is 354. The van der Waals surface area contributed by atoms with Gasteiger partial charge in [-0.3, -0.25) is 0 Å². The number of rotatable bonds is 5. The van der Waals surface area contributed by atoms with Gasteiger partial charge >= 0.3 is 0 Å². The molecule has 0 heterocycles. The van der Waals surface area contributed by atoms with Gasteiger partial charge in [0.05, 0.1) is 0 Å². The topological polar surface area (TPSA) is 29.5 Å².